The Morgan fingerprint density at radius 2 is 1.95 bits per heavy atom. The predicted octanol–water partition coefficient (Wildman–Crippen LogP) is 3.26. The van der Waals surface area contributed by atoms with Crippen molar-refractivity contribution in [1.29, 1.82) is 0 Å². The van der Waals surface area contributed by atoms with E-state index in [4.69, 9.17) is 10.5 Å². The summed E-state index contributed by atoms with van der Waals surface area (Å²) in [5.41, 5.74) is 7.55. The van der Waals surface area contributed by atoms with E-state index in [2.05, 4.69) is 20.9 Å². The first-order valence-corrected chi connectivity index (χ1v) is 6.62. The van der Waals surface area contributed by atoms with Crippen molar-refractivity contribution in [2.75, 3.05) is 5.73 Å². The van der Waals surface area contributed by atoms with Crippen LogP contribution < -0.4 is 10.5 Å². The Morgan fingerprint density at radius 1 is 1.16 bits per heavy atom. The largest absolute Gasteiger partial charge is 0.487 e. The first-order valence-electron chi connectivity index (χ1n) is 5.83. The number of anilines is 1. The minimum absolute atomic E-state index is 0.419. The molecule has 3 aromatic rings. The number of hydrogen-bond acceptors (Lipinski definition) is 3. The molecule has 2 N–H and O–H groups in total. The van der Waals surface area contributed by atoms with Gasteiger partial charge in [0.2, 0.25) is 0 Å². The van der Waals surface area contributed by atoms with Crippen LogP contribution in [-0.2, 0) is 6.61 Å². The Labute approximate surface area is 119 Å². The van der Waals surface area contributed by atoms with Gasteiger partial charge in [0.25, 0.3) is 0 Å². The molecule has 0 spiro atoms. The Hall–Kier alpha value is -2.01. The van der Waals surface area contributed by atoms with Crippen LogP contribution in [0.25, 0.3) is 5.65 Å². The van der Waals surface area contributed by atoms with Gasteiger partial charge in [0.15, 0.2) is 0 Å². The normalized spacial score (nSPS) is 10.8. The minimum atomic E-state index is 0.419. The maximum absolute atomic E-state index is 5.87. The molecule has 19 heavy (non-hydrogen) atoms. The van der Waals surface area contributed by atoms with Crippen molar-refractivity contribution in [3.05, 3.63) is 58.8 Å². The van der Waals surface area contributed by atoms with E-state index in [1.54, 1.807) is 0 Å². The molecule has 0 aliphatic carbocycles. The van der Waals surface area contributed by atoms with Gasteiger partial charge in [-0.3, -0.25) is 4.40 Å². The van der Waals surface area contributed by atoms with Crippen molar-refractivity contribution in [2.24, 2.45) is 0 Å². The highest BCUT2D eigenvalue weighted by molar-refractivity contribution is 9.10. The minimum Gasteiger partial charge on any atom is -0.487 e. The third kappa shape index (κ3) is 2.56. The van der Waals surface area contributed by atoms with Gasteiger partial charge in [-0.25, -0.2) is 4.98 Å². The van der Waals surface area contributed by atoms with Crippen molar-refractivity contribution >= 4 is 27.4 Å². The second kappa shape index (κ2) is 4.93. The van der Waals surface area contributed by atoms with Crippen LogP contribution >= 0.6 is 15.9 Å². The van der Waals surface area contributed by atoms with E-state index in [1.165, 1.54) is 0 Å². The quantitative estimate of drug-likeness (QED) is 0.806. The van der Waals surface area contributed by atoms with Crippen LogP contribution in [0.4, 0.5) is 5.82 Å². The predicted molar refractivity (Wildman–Crippen MR) is 78.1 cm³/mol. The van der Waals surface area contributed by atoms with Crippen LogP contribution in [0.15, 0.2) is 53.1 Å². The third-order valence-electron chi connectivity index (χ3n) is 2.77. The van der Waals surface area contributed by atoms with Gasteiger partial charge in [-0.2, -0.15) is 0 Å². The van der Waals surface area contributed by atoms with Crippen molar-refractivity contribution in [2.45, 2.75) is 6.61 Å². The second-order valence-corrected chi connectivity index (χ2v) is 5.07. The lowest BCUT2D eigenvalue weighted by atomic mass is 10.3. The molecule has 0 saturated carbocycles. The number of nitrogen functional groups attached to an aromatic ring is 1. The summed E-state index contributed by atoms with van der Waals surface area (Å²) in [6, 6.07) is 13.3. The summed E-state index contributed by atoms with van der Waals surface area (Å²) in [6.07, 6.45) is 1.89. The molecule has 0 unspecified atom stereocenters. The second-order valence-electron chi connectivity index (χ2n) is 4.15. The summed E-state index contributed by atoms with van der Waals surface area (Å²) >= 11 is 3.39. The number of benzene rings is 1. The molecular formula is C14H12BrN3O. The molecule has 0 atom stereocenters. The summed E-state index contributed by atoms with van der Waals surface area (Å²) in [7, 11) is 0. The van der Waals surface area contributed by atoms with E-state index in [9.17, 15) is 0 Å². The molecule has 0 aliphatic rings. The van der Waals surface area contributed by atoms with Crippen molar-refractivity contribution < 1.29 is 4.74 Å². The van der Waals surface area contributed by atoms with Crippen molar-refractivity contribution in [3.63, 3.8) is 0 Å². The maximum Gasteiger partial charge on any atom is 0.138 e. The van der Waals surface area contributed by atoms with E-state index in [0.29, 0.717) is 12.4 Å². The van der Waals surface area contributed by atoms with Crippen LogP contribution in [0.5, 0.6) is 5.75 Å². The molecule has 96 valence electrons. The average Bonchev–Trinajstić information content (AvgIpc) is 2.83. The standard InChI is InChI=1S/C14H12BrN3O/c15-10-4-6-12(7-5-10)19-9-11-8-18-13(16)2-1-3-14(18)17-11/h1-8H,9,16H2. The van der Waals surface area contributed by atoms with E-state index in [1.807, 2.05) is 53.1 Å². The summed E-state index contributed by atoms with van der Waals surface area (Å²) in [5.74, 6) is 1.48. The number of fused-ring (bicyclic) bond motifs is 1. The molecule has 5 heteroatoms. The molecule has 0 radical (unpaired) electrons. The maximum atomic E-state index is 5.87. The van der Waals surface area contributed by atoms with Crippen LogP contribution in [0.1, 0.15) is 5.69 Å². The van der Waals surface area contributed by atoms with Gasteiger partial charge in [-0.05, 0) is 36.4 Å². The molecule has 0 aliphatic heterocycles. The fourth-order valence-corrected chi connectivity index (χ4v) is 2.10. The number of imidazole rings is 1. The van der Waals surface area contributed by atoms with Crippen LogP contribution in [0.2, 0.25) is 0 Å². The van der Waals surface area contributed by atoms with E-state index in [0.717, 1.165) is 21.6 Å². The summed E-state index contributed by atoms with van der Waals surface area (Å²) in [4.78, 5) is 4.45. The Balaban J connectivity index is 1.78. The monoisotopic (exact) mass is 317 g/mol. The van der Waals surface area contributed by atoms with Gasteiger partial charge in [-0.1, -0.05) is 22.0 Å². The molecule has 2 heterocycles. The average molecular weight is 318 g/mol. The topological polar surface area (TPSA) is 52.5 Å². The Bertz CT molecular complexity index is 706. The zero-order chi connectivity index (χ0) is 13.2. The highest BCUT2D eigenvalue weighted by Crippen LogP contribution is 2.18. The molecular weight excluding hydrogens is 306 g/mol. The number of rotatable bonds is 3. The number of hydrogen-bond donors (Lipinski definition) is 1. The van der Waals surface area contributed by atoms with Crippen molar-refractivity contribution in [3.8, 4) is 5.75 Å². The lowest BCUT2D eigenvalue weighted by Crippen LogP contribution is -1.95. The third-order valence-corrected chi connectivity index (χ3v) is 3.30. The molecule has 0 bridgehead atoms. The first-order chi connectivity index (χ1) is 9.22. The zero-order valence-electron chi connectivity index (χ0n) is 10.1. The van der Waals surface area contributed by atoms with Crippen LogP contribution in [0, 0.1) is 0 Å². The van der Waals surface area contributed by atoms with Crippen LogP contribution in [-0.4, -0.2) is 9.38 Å². The Kier molecular flexibility index (Phi) is 3.13. The summed E-state index contributed by atoms with van der Waals surface area (Å²) in [5, 5.41) is 0. The Morgan fingerprint density at radius 3 is 2.68 bits per heavy atom. The molecule has 2 aromatic heterocycles. The van der Waals surface area contributed by atoms with Crippen molar-refractivity contribution in [1.82, 2.24) is 9.38 Å². The molecule has 3 rings (SSSR count). The molecule has 4 nitrogen and oxygen atoms in total. The first kappa shape index (κ1) is 12.0. The van der Waals surface area contributed by atoms with Crippen LogP contribution in [0.3, 0.4) is 0 Å². The van der Waals surface area contributed by atoms with Gasteiger partial charge < -0.3 is 10.5 Å². The number of halogens is 1. The summed E-state index contributed by atoms with van der Waals surface area (Å²) < 4.78 is 8.55. The van der Waals surface area contributed by atoms with E-state index >= 15 is 0 Å². The molecule has 0 saturated heterocycles. The smallest absolute Gasteiger partial charge is 0.138 e. The highest BCUT2D eigenvalue weighted by atomic mass is 79.9. The van der Waals surface area contributed by atoms with Gasteiger partial charge in [0.1, 0.15) is 23.8 Å². The van der Waals surface area contributed by atoms with Gasteiger partial charge in [0.05, 0.1) is 5.69 Å². The number of ether oxygens (including phenoxy) is 1. The van der Waals surface area contributed by atoms with Gasteiger partial charge >= 0.3 is 0 Å². The SMILES string of the molecule is Nc1cccc2nc(COc3ccc(Br)cc3)cn12. The number of nitrogens with zero attached hydrogens (tertiary/aromatic N) is 2. The highest BCUT2D eigenvalue weighted by Gasteiger charge is 2.04. The molecule has 0 fully saturated rings. The lowest BCUT2D eigenvalue weighted by Gasteiger charge is -2.03. The fraction of sp³-hybridized carbons (Fsp3) is 0.0714. The van der Waals surface area contributed by atoms with Gasteiger partial charge in [-0.15, -0.1) is 0 Å². The summed E-state index contributed by atoms with van der Waals surface area (Å²) in [6.45, 7) is 0.419. The number of pyridine rings is 1. The number of aromatic nitrogens is 2. The van der Waals surface area contributed by atoms with Gasteiger partial charge in [0, 0.05) is 10.7 Å². The fourth-order valence-electron chi connectivity index (χ4n) is 1.84. The van der Waals surface area contributed by atoms with E-state index < -0.39 is 0 Å². The zero-order valence-corrected chi connectivity index (χ0v) is 11.7. The molecule has 1 aromatic carbocycles. The lowest BCUT2D eigenvalue weighted by molar-refractivity contribution is 0.302. The molecule has 0 amide bonds. The van der Waals surface area contributed by atoms with E-state index in [-0.39, 0.29) is 0 Å². The number of nitrogens with two attached hydrogens (primary N) is 1.